The number of carbonyl (C=O) groups excluding carboxylic acids is 2. The highest BCUT2D eigenvalue weighted by molar-refractivity contribution is 8.16. The summed E-state index contributed by atoms with van der Waals surface area (Å²) in [6, 6.07) is 0. The molecule has 0 bridgehead atoms. The van der Waals surface area contributed by atoms with Crippen LogP contribution in [-0.2, 0) is 4.79 Å². The first kappa shape index (κ1) is 9.23. The second kappa shape index (κ2) is 5.05. The van der Waals surface area contributed by atoms with Crippen molar-refractivity contribution in [3.8, 4) is 0 Å². The van der Waals surface area contributed by atoms with Gasteiger partial charge in [0.05, 0.1) is 0 Å². The molecule has 0 aromatic heterocycles. The summed E-state index contributed by atoms with van der Waals surface area (Å²) < 4.78 is 0. The molecule has 0 spiro atoms. The molecule has 0 heterocycles. The number of hydrogen-bond donors (Lipinski definition) is 1. The van der Waals surface area contributed by atoms with Crippen LogP contribution in [-0.4, -0.2) is 11.6 Å². The van der Waals surface area contributed by atoms with Crippen molar-refractivity contribution in [3.05, 3.63) is 11.0 Å². The predicted octanol–water partition coefficient (Wildman–Crippen LogP) is 1.51. The number of imide groups is 1. The first-order chi connectivity index (χ1) is 4.70. The number of nitrogens with one attached hydrogen (secondary N) is 1. The van der Waals surface area contributed by atoms with Crippen molar-refractivity contribution in [2.45, 2.75) is 13.8 Å². The lowest BCUT2D eigenvalue weighted by atomic mass is 10.6. The number of amides is 2. The minimum atomic E-state index is -0.342. The lowest BCUT2D eigenvalue weighted by Gasteiger charge is -1.95. The Morgan fingerprint density at radius 3 is 2.60 bits per heavy atom. The Bertz CT molecular complexity index is 165. The van der Waals surface area contributed by atoms with E-state index >= 15 is 0 Å². The van der Waals surface area contributed by atoms with E-state index in [1.165, 1.54) is 0 Å². The molecule has 56 valence electrons. The van der Waals surface area contributed by atoms with Crippen LogP contribution in [0.1, 0.15) is 13.8 Å². The SMILES string of the molecule is CC=C(C)SC(=O)NC=O. The molecule has 0 fully saturated rings. The zero-order valence-electron chi connectivity index (χ0n) is 5.88. The normalized spacial score (nSPS) is 10.8. The minimum absolute atomic E-state index is 0.342. The fraction of sp³-hybridized carbons (Fsp3) is 0.333. The number of hydrogen-bond acceptors (Lipinski definition) is 3. The highest BCUT2D eigenvalue weighted by Crippen LogP contribution is 2.13. The van der Waals surface area contributed by atoms with Crippen molar-refractivity contribution < 1.29 is 9.59 Å². The van der Waals surface area contributed by atoms with Gasteiger partial charge in [0.2, 0.25) is 6.41 Å². The summed E-state index contributed by atoms with van der Waals surface area (Å²) in [6.07, 6.45) is 2.17. The molecule has 0 aromatic carbocycles. The summed E-state index contributed by atoms with van der Waals surface area (Å²) >= 11 is 1.00. The largest absolute Gasteiger partial charge is 0.289 e. The Labute approximate surface area is 63.9 Å². The summed E-state index contributed by atoms with van der Waals surface area (Å²) in [7, 11) is 0. The molecule has 3 nitrogen and oxygen atoms in total. The Kier molecular flexibility index (Phi) is 4.66. The van der Waals surface area contributed by atoms with Gasteiger partial charge in [0, 0.05) is 0 Å². The van der Waals surface area contributed by atoms with E-state index in [9.17, 15) is 9.59 Å². The molecular weight excluding hydrogens is 150 g/mol. The van der Waals surface area contributed by atoms with Crippen LogP contribution in [0.15, 0.2) is 11.0 Å². The highest BCUT2D eigenvalue weighted by Gasteiger charge is 1.99. The Morgan fingerprint density at radius 2 is 2.20 bits per heavy atom. The van der Waals surface area contributed by atoms with Gasteiger partial charge in [-0.1, -0.05) is 6.08 Å². The summed E-state index contributed by atoms with van der Waals surface area (Å²) in [4.78, 5) is 21.2. The zero-order valence-corrected chi connectivity index (χ0v) is 6.70. The summed E-state index contributed by atoms with van der Waals surface area (Å²) in [5.41, 5.74) is 0. The second-order valence-electron chi connectivity index (χ2n) is 1.55. The monoisotopic (exact) mass is 159 g/mol. The fourth-order valence-corrected chi connectivity index (χ4v) is 0.800. The van der Waals surface area contributed by atoms with Crippen LogP contribution < -0.4 is 5.32 Å². The number of thioether (sulfide) groups is 1. The van der Waals surface area contributed by atoms with E-state index in [1.807, 2.05) is 12.2 Å². The van der Waals surface area contributed by atoms with Gasteiger partial charge in [0.25, 0.3) is 5.24 Å². The van der Waals surface area contributed by atoms with Gasteiger partial charge in [-0.3, -0.25) is 14.9 Å². The zero-order chi connectivity index (χ0) is 7.98. The average Bonchev–Trinajstić information content (AvgIpc) is 1.88. The maximum Gasteiger partial charge on any atom is 0.289 e. The van der Waals surface area contributed by atoms with Crippen LogP contribution in [0, 0.1) is 0 Å². The maximum absolute atomic E-state index is 10.6. The first-order valence-electron chi connectivity index (χ1n) is 2.75. The molecule has 2 amide bonds. The third-order valence-corrected chi connectivity index (χ3v) is 1.70. The molecule has 0 rings (SSSR count). The molecule has 0 aliphatic heterocycles. The Hall–Kier alpha value is -0.770. The van der Waals surface area contributed by atoms with Gasteiger partial charge in [-0.2, -0.15) is 0 Å². The molecule has 0 atom stereocenters. The van der Waals surface area contributed by atoms with Crippen molar-refractivity contribution >= 4 is 23.4 Å². The molecular formula is C6H9NO2S. The summed E-state index contributed by atoms with van der Waals surface area (Å²) in [6.45, 7) is 3.63. The van der Waals surface area contributed by atoms with Crippen LogP contribution >= 0.6 is 11.8 Å². The third-order valence-electron chi connectivity index (χ3n) is 0.837. The van der Waals surface area contributed by atoms with Gasteiger partial charge in [-0.15, -0.1) is 0 Å². The Morgan fingerprint density at radius 1 is 1.60 bits per heavy atom. The lowest BCUT2D eigenvalue weighted by molar-refractivity contribution is -0.108. The van der Waals surface area contributed by atoms with E-state index < -0.39 is 0 Å². The fourth-order valence-electron chi connectivity index (χ4n) is 0.283. The van der Waals surface area contributed by atoms with Crippen LogP contribution in [0.3, 0.4) is 0 Å². The number of allylic oxidation sites excluding steroid dienone is 2. The van der Waals surface area contributed by atoms with Gasteiger partial charge in [-0.05, 0) is 30.5 Å². The van der Waals surface area contributed by atoms with Gasteiger partial charge >= 0.3 is 0 Å². The Balaban J connectivity index is 3.68. The molecule has 4 heteroatoms. The molecule has 0 aromatic rings. The van der Waals surface area contributed by atoms with E-state index in [4.69, 9.17) is 0 Å². The van der Waals surface area contributed by atoms with Gasteiger partial charge < -0.3 is 0 Å². The smallest absolute Gasteiger partial charge is 0.289 e. The molecule has 0 aliphatic rings. The number of rotatable bonds is 2. The lowest BCUT2D eigenvalue weighted by Crippen LogP contribution is -2.15. The second-order valence-corrected chi connectivity index (χ2v) is 2.77. The van der Waals surface area contributed by atoms with Gasteiger partial charge in [0.15, 0.2) is 0 Å². The van der Waals surface area contributed by atoms with E-state index in [-0.39, 0.29) is 5.24 Å². The highest BCUT2D eigenvalue weighted by atomic mass is 32.2. The van der Waals surface area contributed by atoms with E-state index in [2.05, 4.69) is 0 Å². The van der Waals surface area contributed by atoms with E-state index in [1.54, 1.807) is 13.0 Å². The van der Waals surface area contributed by atoms with Gasteiger partial charge in [0.1, 0.15) is 0 Å². The molecule has 1 N–H and O–H groups in total. The van der Waals surface area contributed by atoms with Crippen molar-refractivity contribution in [2.75, 3.05) is 0 Å². The van der Waals surface area contributed by atoms with Crippen molar-refractivity contribution in [1.29, 1.82) is 0 Å². The van der Waals surface area contributed by atoms with Crippen molar-refractivity contribution in [3.63, 3.8) is 0 Å². The third kappa shape index (κ3) is 4.14. The van der Waals surface area contributed by atoms with Crippen LogP contribution in [0.25, 0.3) is 0 Å². The molecule has 0 saturated carbocycles. The summed E-state index contributed by atoms with van der Waals surface area (Å²) in [5.74, 6) is 0. The number of carbonyl (C=O) groups is 2. The molecule has 0 unspecified atom stereocenters. The molecule has 0 aliphatic carbocycles. The van der Waals surface area contributed by atoms with Gasteiger partial charge in [-0.25, -0.2) is 0 Å². The van der Waals surface area contributed by atoms with E-state index in [0.29, 0.717) is 6.41 Å². The molecule has 10 heavy (non-hydrogen) atoms. The van der Waals surface area contributed by atoms with Crippen molar-refractivity contribution in [2.24, 2.45) is 0 Å². The van der Waals surface area contributed by atoms with Crippen LogP contribution in [0.4, 0.5) is 4.79 Å². The predicted molar refractivity (Wildman–Crippen MR) is 41.6 cm³/mol. The molecule has 0 radical (unpaired) electrons. The average molecular weight is 159 g/mol. The van der Waals surface area contributed by atoms with Crippen LogP contribution in [0.5, 0.6) is 0 Å². The summed E-state index contributed by atoms with van der Waals surface area (Å²) in [5, 5.41) is 1.67. The van der Waals surface area contributed by atoms with Crippen LogP contribution in [0.2, 0.25) is 0 Å². The topological polar surface area (TPSA) is 46.2 Å². The quantitative estimate of drug-likeness (QED) is 0.621. The first-order valence-corrected chi connectivity index (χ1v) is 3.57. The minimum Gasteiger partial charge on any atom is -0.289 e. The maximum atomic E-state index is 10.6. The molecule has 0 saturated heterocycles. The van der Waals surface area contributed by atoms with E-state index in [0.717, 1.165) is 16.7 Å². The standard InChI is InChI=1S/C6H9NO2S/c1-3-5(2)10-6(9)7-4-8/h3-4H,1-2H3,(H,7,8,9). The van der Waals surface area contributed by atoms with Crippen molar-refractivity contribution in [1.82, 2.24) is 5.32 Å².